The Morgan fingerprint density at radius 2 is 2.19 bits per heavy atom. The molecule has 0 spiro atoms. The van der Waals surface area contributed by atoms with Crippen LogP contribution in [0.15, 0.2) is 18.2 Å². The summed E-state index contributed by atoms with van der Waals surface area (Å²) in [5, 5.41) is 0. The molecule has 2 radical (unpaired) electrons. The molecule has 0 aromatic heterocycles. The van der Waals surface area contributed by atoms with Crippen molar-refractivity contribution < 1.29 is 9.18 Å². The van der Waals surface area contributed by atoms with Crippen LogP contribution in [0.2, 0.25) is 0 Å². The van der Waals surface area contributed by atoms with E-state index in [0.717, 1.165) is 19.4 Å². The van der Waals surface area contributed by atoms with Crippen molar-refractivity contribution in [1.29, 1.82) is 0 Å². The second-order valence-corrected chi connectivity index (χ2v) is 6.59. The van der Waals surface area contributed by atoms with Crippen molar-refractivity contribution in [2.24, 2.45) is 11.3 Å². The van der Waals surface area contributed by atoms with E-state index >= 15 is 0 Å². The van der Waals surface area contributed by atoms with Crippen LogP contribution in [0.5, 0.6) is 0 Å². The van der Waals surface area contributed by atoms with Crippen LogP contribution in [-0.4, -0.2) is 31.7 Å². The van der Waals surface area contributed by atoms with Crippen molar-refractivity contribution >= 4 is 19.2 Å². The molecule has 1 amide bonds. The third-order valence-corrected chi connectivity index (χ3v) is 4.90. The van der Waals surface area contributed by atoms with Crippen LogP contribution in [0.1, 0.15) is 39.2 Å². The summed E-state index contributed by atoms with van der Waals surface area (Å²) >= 11 is 0. The molecular formula is C17H23BFNO. The summed E-state index contributed by atoms with van der Waals surface area (Å²) in [6.07, 6.45) is 2.66. The zero-order chi connectivity index (χ0) is 15.6. The van der Waals surface area contributed by atoms with Gasteiger partial charge in [-0.15, -0.1) is 0 Å². The van der Waals surface area contributed by atoms with Crippen LogP contribution >= 0.6 is 0 Å². The third-order valence-electron chi connectivity index (χ3n) is 4.90. The molecule has 1 aliphatic heterocycles. The topological polar surface area (TPSA) is 20.3 Å². The average Bonchev–Trinajstić information content (AvgIpc) is 2.42. The predicted octanol–water partition coefficient (Wildman–Crippen LogP) is 2.45. The molecule has 1 fully saturated rings. The molecule has 0 bridgehead atoms. The summed E-state index contributed by atoms with van der Waals surface area (Å²) in [5.74, 6) is 0.254. The molecule has 0 aliphatic carbocycles. The Bertz CT molecular complexity index is 532. The fourth-order valence-electron chi connectivity index (χ4n) is 3.33. The van der Waals surface area contributed by atoms with Crippen molar-refractivity contribution in [2.45, 2.75) is 40.0 Å². The first-order chi connectivity index (χ1) is 9.84. The van der Waals surface area contributed by atoms with E-state index in [9.17, 15) is 9.18 Å². The summed E-state index contributed by atoms with van der Waals surface area (Å²) in [5.41, 5.74) is 1.09. The Hall–Kier alpha value is -1.32. The van der Waals surface area contributed by atoms with Gasteiger partial charge < -0.3 is 4.90 Å². The number of halogens is 1. The second-order valence-electron chi connectivity index (χ2n) is 6.59. The molecule has 1 unspecified atom stereocenters. The average molecular weight is 287 g/mol. The van der Waals surface area contributed by atoms with Crippen LogP contribution < -0.4 is 5.46 Å². The molecule has 2 nitrogen and oxygen atoms in total. The van der Waals surface area contributed by atoms with Gasteiger partial charge in [0, 0.05) is 20.0 Å². The van der Waals surface area contributed by atoms with Crippen molar-refractivity contribution in [3.8, 4) is 0 Å². The quantitative estimate of drug-likeness (QED) is 0.782. The van der Waals surface area contributed by atoms with Gasteiger partial charge in [-0.3, -0.25) is 4.79 Å². The largest absolute Gasteiger partial charge is 0.342 e. The first kappa shape index (κ1) is 16.1. The first-order valence-electron chi connectivity index (χ1n) is 7.63. The molecule has 0 N–H and O–H groups in total. The highest BCUT2D eigenvalue weighted by Gasteiger charge is 2.39. The van der Waals surface area contributed by atoms with E-state index in [1.165, 1.54) is 6.07 Å². The molecule has 4 heteroatoms. The van der Waals surface area contributed by atoms with Gasteiger partial charge in [-0.25, -0.2) is 4.39 Å². The molecule has 1 aromatic carbocycles. The van der Waals surface area contributed by atoms with E-state index in [2.05, 4.69) is 13.8 Å². The van der Waals surface area contributed by atoms with E-state index < -0.39 is 0 Å². The monoisotopic (exact) mass is 287 g/mol. The number of rotatable bonds is 3. The van der Waals surface area contributed by atoms with Crippen molar-refractivity contribution in [1.82, 2.24) is 4.90 Å². The molecule has 0 saturated carbocycles. The van der Waals surface area contributed by atoms with Gasteiger partial charge >= 0.3 is 0 Å². The van der Waals surface area contributed by atoms with Gasteiger partial charge in [0.2, 0.25) is 5.91 Å². The lowest BCUT2D eigenvalue weighted by Gasteiger charge is -2.46. The molecule has 1 atom stereocenters. The minimum absolute atomic E-state index is 0.0547. The smallest absolute Gasteiger partial charge is 0.219 e. The van der Waals surface area contributed by atoms with Crippen LogP contribution in [-0.2, 0) is 11.2 Å². The number of nitrogens with zero attached hydrogens (tertiary/aromatic N) is 1. The lowest BCUT2D eigenvalue weighted by Crippen LogP contribution is -2.49. The summed E-state index contributed by atoms with van der Waals surface area (Å²) in [4.78, 5) is 13.6. The van der Waals surface area contributed by atoms with Gasteiger partial charge in [0.1, 0.15) is 13.7 Å². The van der Waals surface area contributed by atoms with Crippen LogP contribution in [0.3, 0.4) is 0 Å². The molecule has 21 heavy (non-hydrogen) atoms. The van der Waals surface area contributed by atoms with E-state index in [-0.39, 0.29) is 17.1 Å². The molecule has 1 aromatic rings. The predicted molar refractivity (Wildman–Crippen MR) is 84.3 cm³/mol. The summed E-state index contributed by atoms with van der Waals surface area (Å²) in [7, 11) is 5.62. The maximum absolute atomic E-state index is 14.1. The minimum Gasteiger partial charge on any atom is -0.342 e. The fraction of sp³-hybridized carbons (Fsp3) is 0.588. The molecule has 1 heterocycles. The van der Waals surface area contributed by atoms with Gasteiger partial charge in [-0.1, -0.05) is 31.4 Å². The minimum atomic E-state index is -0.241. The maximum atomic E-state index is 14.1. The Kier molecular flexibility index (Phi) is 4.75. The number of carbonyl (C=O) groups excluding carboxylic acids is 1. The van der Waals surface area contributed by atoms with Gasteiger partial charge in [-0.05, 0) is 42.2 Å². The van der Waals surface area contributed by atoms with E-state index in [1.807, 2.05) is 4.90 Å². The zero-order valence-electron chi connectivity index (χ0n) is 13.2. The summed E-state index contributed by atoms with van der Waals surface area (Å²) in [6, 6.07) is 4.91. The van der Waals surface area contributed by atoms with E-state index in [1.54, 1.807) is 19.1 Å². The van der Waals surface area contributed by atoms with E-state index in [4.69, 9.17) is 7.85 Å². The Morgan fingerprint density at radius 3 is 2.76 bits per heavy atom. The van der Waals surface area contributed by atoms with Crippen molar-refractivity contribution in [3.05, 3.63) is 29.6 Å². The number of carbonyl (C=O) groups is 1. The zero-order valence-corrected chi connectivity index (χ0v) is 13.2. The molecule has 112 valence electrons. The Morgan fingerprint density at radius 1 is 1.48 bits per heavy atom. The lowest BCUT2D eigenvalue weighted by atomic mass is 9.67. The van der Waals surface area contributed by atoms with Gasteiger partial charge in [0.15, 0.2) is 0 Å². The summed E-state index contributed by atoms with van der Waals surface area (Å²) in [6.45, 7) is 7.47. The van der Waals surface area contributed by atoms with Crippen LogP contribution in [0.4, 0.5) is 4.39 Å². The Labute approximate surface area is 128 Å². The standard InChI is InChI=1S/C17H23BFNO/c1-12(2)17(7-4-8-20(11-17)13(3)21)10-14-5-6-15(18)9-16(14)19/h5-6,9,12H,4,7-8,10-11H2,1-3H3. The summed E-state index contributed by atoms with van der Waals surface area (Å²) < 4.78 is 14.1. The molecule has 1 saturated heterocycles. The lowest BCUT2D eigenvalue weighted by molar-refractivity contribution is -0.133. The highest BCUT2D eigenvalue weighted by molar-refractivity contribution is 6.32. The third kappa shape index (κ3) is 3.48. The highest BCUT2D eigenvalue weighted by atomic mass is 19.1. The Balaban J connectivity index is 2.28. The molecule has 2 rings (SSSR count). The van der Waals surface area contributed by atoms with Gasteiger partial charge in [0.25, 0.3) is 0 Å². The first-order valence-corrected chi connectivity index (χ1v) is 7.63. The van der Waals surface area contributed by atoms with Crippen LogP contribution in [0, 0.1) is 17.2 Å². The molecule has 1 aliphatic rings. The number of amides is 1. The van der Waals surface area contributed by atoms with E-state index in [0.29, 0.717) is 29.9 Å². The number of piperidine rings is 1. The van der Waals surface area contributed by atoms with Gasteiger partial charge in [-0.2, -0.15) is 0 Å². The van der Waals surface area contributed by atoms with Crippen molar-refractivity contribution in [3.63, 3.8) is 0 Å². The fourth-order valence-corrected chi connectivity index (χ4v) is 3.33. The van der Waals surface area contributed by atoms with Crippen LogP contribution in [0.25, 0.3) is 0 Å². The SMILES string of the molecule is [B]c1ccc(CC2(C(C)C)CCCN(C(C)=O)C2)c(F)c1. The molecular weight excluding hydrogens is 264 g/mol. The number of benzene rings is 1. The number of hydrogen-bond acceptors (Lipinski definition) is 1. The second kappa shape index (κ2) is 6.21. The highest BCUT2D eigenvalue weighted by Crippen LogP contribution is 2.40. The maximum Gasteiger partial charge on any atom is 0.219 e. The normalized spacial score (nSPS) is 22.6. The van der Waals surface area contributed by atoms with Crippen molar-refractivity contribution in [2.75, 3.05) is 13.1 Å². The number of hydrogen-bond donors (Lipinski definition) is 0. The van der Waals surface area contributed by atoms with Gasteiger partial charge in [0.05, 0.1) is 0 Å². The number of likely N-dealkylation sites (tertiary alicyclic amines) is 1.